The SMILES string of the molecule is OC1CCCCC1CNC1CCN(Cc2ccccc2)C1. The van der Waals surface area contributed by atoms with E-state index in [1.54, 1.807) is 0 Å². The van der Waals surface area contributed by atoms with Gasteiger partial charge in [0.2, 0.25) is 0 Å². The number of nitrogens with zero attached hydrogens (tertiary/aromatic N) is 1. The second-order valence-corrected chi connectivity index (χ2v) is 6.73. The lowest BCUT2D eigenvalue weighted by Crippen LogP contribution is -2.40. The van der Waals surface area contributed by atoms with Gasteiger partial charge in [0.05, 0.1) is 6.10 Å². The summed E-state index contributed by atoms with van der Waals surface area (Å²) in [6.45, 7) is 4.37. The predicted molar refractivity (Wildman–Crippen MR) is 86.1 cm³/mol. The van der Waals surface area contributed by atoms with E-state index in [4.69, 9.17) is 0 Å². The first-order chi connectivity index (χ1) is 10.3. The van der Waals surface area contributed by atoms with E-state index >= 15 is 0 Å². The zero-order chi connectivity index (χ0) is 14.5. The average molecular weight is 288 g/mol. The highest BCUT2D eigenvalue weighted by molar-refractivity contribution is 5.14. The molecule has 1 aliphatic carbocycles. The molecule has 3 heteroatoms. The van der Waals surface area contributed by atoms with Gasteiger partial charge in [-0.2, -0.15) is 0 Å². The summed E-state index contributed by atoms with van der Waals surface area (Å²) in [4.78, 5) is 2.53. The number of aliphatic hydroxyl groups excluding tert-OH is 1. The molecule has 0 radical (unpaired) electrons. The standard InChI is InChI=1S/C18H28N2O/c21-18-9-5-4-8-16(18)12-19-17-10-11-20(14-17)13-15-6-2-1-3-7-15/h1-3,6-7,16-19,21H,4-5,8-14H2. The Hall–Kier alpha value is -0.900. The van der Waals surface area contributed by atoms with E-state index in [1.807, 2.05) is 0 Å². The molecule has 116 valence electrons. The highest BCUT2D eigenvalue weighted by atomic mass is 16.3. The second kappa shape index (κ2) is 7.39. The van der Waals surface area contributed by atoms with Crippen LogP contribution in [0.25, 0.3) is 0 Å². The lowest BCUT2D eigenvalue weighted by atomic mass is 9.86. The van der Waals surface area contributed by atoms with E-state index in [9.17, 15) is 5.11 Å². The minimum atomic E-state index is -0.0759. The van der Waals surface area contributed by atoms with E-state index in [-0.39, 0.29) is 6.10 Å². The van der Waals surface area contributed by atoms with Gasteiger partial charge in [-0.15, -0.1) is 0 Å². The lowest BCUT2D eigenvalue weighted by Gasteiger charge is -2.29. The van der Waals surface area contributed by atoms with Gasteiger partial charge in [0.1, 0.15) is 0 Å². The van der Waals surface area contributed by atoms with Gasteiger partial charge in [0, 0.05) is 32.2 Å². The van der Waals surface area contributed by atoms with Crippen LogP contribution in [0.5, 0.6) is 0 Å². The van der Waals surface area contributed by atoms with Gasteiger partial charge in [-0.05, 0) is 30.7 Å². The Kier molecular flexibility index (Phi) is 5.28. The fraction of sp³-hybridized carbons (Fsp3) is 0.667. The molecule has 0 spiro atoms. The molecule has 21 heavy (non-hydrogen) atoms. The van der Waals surface area contributed by atoms with E-state index < -0.39 is 0 Å². The summed E-state index contributed by atoms with van der Waals surface area (Å²) in [5.41, 5.74) is 1.40. The molecule has 0 aromatic heterocycles. The summed E-state index contributed by atoms with van der Waals surface area (Å²) < 4.78 is 0. The third kappa shape index (κ3) is 4.29. The third-order valence-corrected chi connectivity index (χ3v) is 5.06. The maximum absolute atomic E-state index is 10.0. The second-order valence-electron chi connectivity index (χ2n) is 6.73. The van der Waals surface area contributed by atoms with Gasteiger partial charge in [0.15, 0.2) is 0 Å². The first-order valence-electron chi connectivity index (χ1n) is 8.49. The molecule has 3 unspecified atom stereocenters. The molecule has 3 atom stereocenters. The summed E-state index contributed by atoms with van der Waals surface area (Å²) in [6, 6.07) is 11.3. The van der Waals surface area contributed by atoms with Gasteiger partial charge >= 0.3 is 0 Å². The molecule has 1 aliphatic heterocycles. The zero-order valence-corrected chi connectivity index (χ0v) is 12.9. The van der Waals surface area contributed by atoms with Gasteiger partial charge in [-0.3, -0.25) is 4.90 Å². The average Bonchev–Trinajstić information content (AvgIpc) is 2.95. The molecule has 2 N–H and O–H groups in total. The van der Waals surface area contributed by atoms with Crippen LogP contribution in [-0.4, -0.2) is 41.8 Å². The minimum absolute atomic E-state index is 0.0759. The molecular formula is C18H28N2O. The van der Waals surface area contributed by atoms with Crippen molar-refractivity contribution in [3.63, 3.8) is 0 Å². The van der Waals surface area contributed by atoms with Crippen LogP contribution >= 0.6 is 0 Å². The molecule has 1 aromatic rings. The molecule has 3 rings (SSSR count). The van der Waals surface area contributed by atoms with Crippen molar-refractivity contribution in [2.45, 2.75) is 50.8 Å². The van der Waals surface area contributed by atoms with Crippen molar-refractivity contribution in [1.82, 2.24) is 10.2 Å². The van der Waals surface area contributed by atoms with Crippen molar-refractivity contribution in [3.8, 4) is 0 Å². The maximum Gasteiger partial charge on any atom is 0.0580 e. The minimum Gasteiger partial charge on any atom is -0.393 e. The molecule has 1 aromatic carbocycles. The van der Waals surface area contributed by atoms with Crippen LogP contribution < -0.4 is 5.32 Å². The molecule has 1 heterocycles. The molecule has 2 aliphatic rings. The Morgan fingerprint density at radius 1 is 1.10 bits per heavy atom. The van der Waals surface area contributed by atoms with Gasteiger partial charge in [-0.25, -0.2) is 0 Å². The zero-order valence-electron chi connectivity index (χ0n) is 12.9. The highest BCUT2D eigenvalue weighted by Crippen LogP contribution is 2.24. The summed E-state index contributed by atoms with van der Waals surface area (Å²) in [5, 5.41) is 13.7. The van der Waals surface area contributed by atoms with Crippen molar-refractivity contribution >= 4 is 0 Å². The van der Waals surface area contributed by atoms with Gasteiger partial charge < -0.3 is 10.4 Å². The number of hydrogen-bond donors (Lipinski definition) is 2. The van der Waals surface area contributed by atoms with Crippen molar-refractivity contribution in [3.05, 3.63) is 35.9 Å². The van der Waals surface area contributed by atoms with E-state index in [1.165, 1.54) is 37.8 Å². The quantitative estimate of drug-likeness (QED) is 0.873. The van der Waals surface area contributed by atoms with Crippen LogP contribution in [-0.2, 0) is 6.54 Å². The van der Waals surface area contributed by atoms with Crippen LogP contribution in [0.2, 0.25) is 0 Å². The monoisotopic (exact) mass is 288 g/mol. The van der Waals surface area contributed by atoms with Crippen molar-refractivity contribution in [2.75, 3.05) is 19.6 Å². The smallest absolute Gasteiger partial charge is 0.0580 e. The largest absolute Gasteiger partial charge is 0.393 e. The third-order valence-electron chi connectivity index (χ3n) is 5.06. The molecule has 3 nitrogen and oxygen atoms in total. The van der Waals surface area contributed by atoms with Crippen LogP contribution in [0.4, 0.5) is 0 Å². The van der Waals surface area contributed by atoms with E-state index in [0.29, 0.717) is 12.0 Å². The Bertz CT molecular complexity index is 422. The summed E-state index contributed by atoms with van der Waals surface area (Å²) in [6.07, 6.45) is 5.83. The number of hydrogen-bond acceptors (Lipinski definition) is 3. The number of aliphatic hydroxyl groups is 1. The Balaban J connectivity index is 1.40. The summed E-state index contributed by atoms with van der Waals surface area (Å²) >= 11 is 0. The molecule has 2 fully saturated rings. The normalized spacial score (nSPS) is 30.6. The number of benzene rings is 1. The predicted octanol–water partition coefficient (Wildman–Crippen LogP) is 2.40. The van der Waals surface area contributed by atoms with Crippen LogP contribution in [0.1, 0.15) is 37.7 Å². The summed E-state index contributed by atoms with van der Waals surface area (Å²) in [7, 11) is 0. The Morgan fingerprint density at radius 2 is 1.90 bits per heavy atom. The fourth-order valence-electron chi connectivity index (χ4n) is 3.73. The molecule has 1 saturated carbocycles. The molecule has 1 saturated heterocycles. The topological polar surface area (TPSA) is 35.5 Å². The van der Waals surface area contributed by atoms with Crippen LogP contribution in [0.15, 0.2) is 30.3 Å². The fourth-order valence-corrected chi connectivity index (χ4v) is 3.73. The number of likely N-dealkylation sites (tertiary alicyclic amines) is 1. The highest BCUT2D eigenvalue weighted by Gasteiger charge is 2.26. The first kappa shape index (κ1) is 15.0. The Labute approximate surface area is 128 Å². The first-order valence-corrected chi connectivity index (χ1v) is 8.49. The maximum atomic E-state index is 10.0. The van der Waals surface area contributed by atoms with Gasteiger partial charge in [0.25, 0.3) is 0 Å². The van der Waals surface area contributed by atoms with Crippen molar-refractivity contribution in [1.29, 1.82) is 0 Å². The lowest BCUT2D eigenvalue weighted by molar-refractivity contribution is 0.0682. The van der Waals surface area contributed by atoms with Crippen molar-refractivity contribution < 1.29 is 5.11 Å². The Morgan fingerprint density at radius 3 is 2.71 bits per heavy atom. The van der Waals surface area contributed by atoms with Crippen molar-refractivity contribution in [2.24, 2.45) is 5.92 Å². The molecule has 0 amide bonds. The summed E-state index contributed by atoms with van der Waals surface area (Å²) in [5.74, 6) is 0.474. The molecule has 0 bridgehead atoms. The van der Waals surface area contributed by atoms with Crippen LogP contribution in [0, 0.1) is 5.92 Å². The van der Waals surface area contributed by atoms with E-state index in [0.717, 1.165) is 26.1 Å². The number of rotatable bonds is 5. The molecular weight excluding hydrogens is 260 g/mol. The van der Waals surface area contributed by atoms with Crippen LogP contribution in [0.3, 0.4) is 0 Å². The number of nitrogens with one attached hydrogen (secondary N) is 1. The van der Waals surface area contributed by atoms with Gasteiger partial charge in [-0.1, -0.05) is 43.2 Å². The van der Waals surface area contributed by atoms with E-state index in [2.05, 4.69) is 40.5 Å².